The monoisotopic (exact) mass is 529 g/mol. The summed E-state index contributed by atoms with van der Waals surface area (Å²) in [6, 6.07) is 7.43. The van der Waals surface area contributed by atoms with Gasteiger partial charge in [-0.1, -0.05) is 42.5 Å². The van der Waals surface area contributed by atoms with Gasteiger partial charge >= 0.3 is 12.1 Å². The summed E-state index contributed by atoms with van der Waals surface area (Å²) in [7, 11) is 0. The molecule has 1 aliphatic rings. The number of allylic oxidation sites excluding steroid dienone is 1. The Labute approximate surface area is 224 Å². The topological polar surface area (TPSA) is 134 Å². The second kappa shape index (κ2) is 16.2. The molecule has 10 heteroatoms. The molecule has 0 bridgehead atoms. The Balaban J connectivity index is 1.92. The number of nitrogens with one attached hydrogen (secondary N) is 2. The molecule has 0 saturated carbocycles. The van der Waals surface area contributed by atoms with E-state index in [0.717, 1.165) is 12.0 Å². The lowest BCUT2D eigenvalue weighted by atomic mass is 9.98. The van der Waals surface area contributed by atoms with E-state index in [4.69, 9.17) is 14.6 Å². The zero-order valence-electron chi connectivity index (χ0n) is 22.0. The molecule has 10 nitrogen and oxygen atoms in total. The summed E-state index contributed by atoms with van der Waals surface area (Å²) >= 11 is 0. The SMILES string of the molecule is C=CC[C@H](CC(=O)N[C@@H](C)CO)C(=O)N1CCC[C@H]1COC(=O)[C@@H](CC=C)NC(=O)OCc1ccccc1. The van der Waals surface area contributed by atoms with Crippen molar-refractivity contribution in [3.05, 3.63) is 61.2 Å². The summed E-state index contributed by atoms with van der Waals surface area (Å²) in [5, 5.41) is 14.3. The summed E-state index contributed by atoms with van der Waals surface area (Å²) in [6.45, 7) is 9.32. The highest BCUT2D eigenvalue weighted by molar-refractivity contribution is 5.86. The van der Waals surface area contributed by atoms with Gasteiger partial charge in [-0.15, -0.1) is 13.2 Å². The smallest absolute Gasteiger partial charge is 0.408 e. The van der Waals surface area contributed by atoms with Gasteiger partial charge in [-0.3, -0.25) is 9.59 Å². The first-order valence-electron chi connectivity index (χ1n) is 12.8. The van der Waals surface area contributed by atoms with Crippen molar-refractivity contribution in [1.29, 1.82) is 0 Å². The van der Waals surface area contributed by atoms with Crippen LogP contribution >= 0.6 is 0 Å². The summed E-state index contributed by atoms with van der Waals surface area (Å²) in [5.41, 5.74) is 0.812. The quantitative estimate of drug-likeness (QED) is 0.235. The fourth-order valence-corrected chi connectivity index (χ4v) is 4.18. The molecule has 1 aromatic carbocycles. The Bertz CT molecular complexity index is 953. The molecule has 0 unspecified atom stereocenters. The van der Waals surface area contributed by atoms with Crippen LogP contribution in [0, 0.1) is 5.92 Å². The lowest BCUT2D eigenvalue weighted by Crippen LogP contribution is -2.46. The number of aliphatic hydroxyl groups is 1. The number of alkyl carbamates (subject to hydrolysis) is 1. The molecule has 1 aromatic rings. The van der Waals surface area contributed by atoms with E-state index in [2.05, 4.69) is 23.8 Å². The molecular weight excluding hydrogens is 490 g/mol. The van der Waals surface area contributed by atoms with Crippen LogP contribution in [-0.2, 0) is 30.5 Å². The standard InChI is InChI=1S/C28H39N3O7/c1-4-10-22(16-25(33)29-20(3)17-32)26(34)31-15-9-14-23(31)19-37-27(35)24(11-5-2)30-28(36)38-18-21-12-7-6-8-13-21/h4-8,12-13,20,22-24,32H,1-2,9-11,14-19H2,3H3,(H,29,33)(H,30,36)/t20-,22+,23-,24+/m0/s1. The van der Waals surface area contributed by atoms with Crippen molar-refractivity contribution in [1.82, 2.24) is 15.5 Å². The highest BCUT2D eigenvalue weighted by Gasteiger charge is 2.35. The van der Waals surface area contributed by atoms with Gasteiger partial charge in [0.15, 0.2) is 0 Å². The van der Waals surface area contributed by atoms with Crippen LogP contribution in [0.2, 0.25) is 0 Å². The number of ether oxygens (including phenoxy) is 2. The van der Waals surface area contributed by atoms with Gasteiger partial charge in [-0.05, 0) is 38.2 Å². The van der Waals surface area contributed by atoms with Crippen molar-refractivity contribution >= 4 is 23.9 Å². The van der Waals surface area contributed by atoms with E-state index in [1.54, 1.807) is 17.9 Å². The van der Waals surface area contributed by atoms with Crippen LogP contribution in [0.5, 0.6) is 0 Å². The van der Waals surface area contributed by atoms with E-state index in [9.17, 15) is 19.2 Å². The lowest BCUT2D eigenvalue weighted by Gasteiger charge is -2.29. The Morgan fingerprint density at radius 3 is 2.47 bits per heavy atom. The first kappa shape index (κ1) is 30.6. The largest absolute Gasteiger partial charge is 0.462 e. The maximum atomic E-state index is 13.3. The fourth-order valence-electron chi connectivity index (χ4n) is 4.18. The van der Waals surface area contributed by atoms with E-state index in [-0.39, 0.29) is 50.5 Å². The second-order valence-corrected chi connectivity index (χ2v) is 9.32. The summed E-state index contributed by atoms with van der Waals surface area (Å²) in [4.78, 5) is 52.2. The average Bonchev–Trinajstić information content (AvgIpc) is 3.38. The van der Waals surface area contributed by atoms with Crippen LogP contribution in [0.25, 0.3) is 0 Å². The zero-order valence-corrected chi connectivity index (χ0v) is 22.0. The lowest BCUT2D eigenvalue weighted by molar-refractivity contribution is -0.150. The summed E-state index contributed by atoms with van der Waals surface area (Å²) < 4.78 is 10.7. The minimum atomic E-state index is -0.980. The van der Waals surface area contributed by atoms with Gasteiger partial charge < -0.3 is 30.1 Å². The highest BCUT2D eigenvalue weighted by atomic mass is 16.6. The van der Waals surface area contributed by atoms with Crippen LogP contribution in [0.4, 0.5) is 4.79 Å². The van der Waals surface area contributed by atoms with Gasteiger partial charge in [-0.25, -0.2) is 9.59 Å². The average molecular weight is 530 g/mol. The number of benzene rings is 1. The van der Waals surface area contributed by atoms with Gasteiger partial charge in [0.05, 0.1) is 18.6 Å². The predicted molar refractivity (Wildman–Crippen MR) is 142 cm³/mol. The molecule has 3 amide bonds. The third-order valence-electron chi connectivity index (χ3n) is 6.18. The van der Waals surface area contributed by atoms with Crippen molar-refractivity contribution < 1.29 is 33.8 Å². The first-order valence-corrected chi connectivity index (χ1v) is 12.8. The van der Waals surface area contributed by atoms with Gasteiger partial charge in [0, 0.05) is 19.0 Å². The number of amides is 3. The van der Waals surface area contributed by atoms with E-state index in [1.165, 1.54) is 6.08 Å². The number of nitrogens with zero attached hydrogens (tertiary/aromatic N) is 1. The van der Waals surface area contributed by atoms with Crippen LogP contribution < -0.4 is 10.6 Å². The number of aliphatic hydroxyl groups excluding tert-OH is 1. The molecule has 1 fully saturated rings. The summed E-state index contributed by atoms with van der Waals surface area (Å²) in [6.07, 6.45) is 4.16. The number of hydrogen-bond donors (Lipinski definition) is 3. The maximum absolute atomic E-state index is 13.3. The second-order valence-electron chi connectivity index (χ2n) is 9.32. The number of rotatable bonds is 15. The van der Waals surface area contributed by atoms with Crippen LogP contribution in [0.3, 0.4) is 0 Å². The van der Waals surface area contributed by atoms with Crippen LogP contribution in [0.1, 0.15) is 44.6 Å². The minimum absolute atomic E-state index is 0.0331. The molecule has 208 valence electrons. The Morgan fingerprint density at radius 2 is 1.82 bits per heavy atom. The van der Waals surface area contributed by atoms with Crippen LogP contribution in [-0.4, -0.2) is 71.8 Å². The van der Waals surface area contributed by atoms with E-state index >= 15 is 0 Å². The molecule has 0 aliphatic carbocycles. The van der Waals surface area contributed by atoms with Crippen LogP contribution in [0.15, 0.2) is 55.6 Å². The normalized spacial score (nSPS) is 17.0. The highest BCUT2D eigenvalue weighted by Crippen LogP contribution is 2.23. The number of carbonyl (C=O) groups excluding carboxylic acids is 4. The minimum Gasteiger partial charge on any atom is -0.462 e. The van der Waals surface area contributed by atoms with Crippen molar-refractivity contribution in [2.24, 2.45) is 5.92 Å². The molecule has 0 aromatic heterocycles. The van der Waals surface area contributed by atoms with Crippen molar-refractivity contribution in [2.75, 3.05) is 19.8 Å². The fraction of sp³-hybridized carbons (Fsp3) is 0.500. The maximum Gasteiger partial charge on any atom is 0.408 e. The molecule has 4 atom stereocenters. The number of likely N-dealkylation sites (tertiary alicyclic amines) is 1. The zero-order chi connectivity index (χ0) is 27.9. The Kier molecular flexibility index (Phi) is 13.1. The van der Waals surface area contributed by atoms with Gasteiger partial charge in [0.25, 0.3) is 0 Å². The third-order valence-corrected chi connectivity index (χ3v) is 6.18. The number of carbonyl (C=O) groups is 4. The third kappa shape index (κ3) is 10.0. The molecule has 1 saturated heterocycles. The molecule has 38 heavy (non-hydrogen) atoms. The van der Waals surface area contributed by atoms with E-state index < -0.39 is 30.1 Å². The molecule has 1 aliphatic heterocycles. The Hall–Kier alpha value is -3.66. The summed E-state index contributed by atoms with van der Waals surface area (Å²) in [5.74, 6) is -1.79. The molecule has 0 radical (unpaired) electrons. The van der Waals surface area contributed by atoms with Gasteiger partial charge in [0.2, 0.25) is 11.8 Å². The van der Waals surface area contributed by atoms with Crippen molar-refractivity contribution in [3.8, 4) is 0 Å². The molecule has 0 spiro atoms. The van der Waals surface area contributed by atoms with E-state index in [1.807, 2.05) is 30.3 Å². The number of esters is 1. The molecule has 1 heterocycles. The number of hydrogen-bond acceptors (Lipinski definition) is 7. The predicted octanol–water partition coefficient (Wildman–Crippen LogP) is 2.47. The van der Waals surface area contributed by atoms with Crippen molar-refractivity contribution in [2.45, 2.75) is 63.8 Å². The van der Waals surface area contributed by atoms with Gasteiger partial charge in [0.1, 0.15) is 19.3 Å². The molecular formula is C28H39N3O7. The molecule has 3 N–H and O–H groups in total. The van der Waals surface area contributed by atoms with Crippen molar-refractivity contribution in [3.63, 3.8) is 0 Å². The van der Waals surface area contributed by atoms with E-state index in [0.29, 0.717) is 19.4 Å². The Morgan fingerprint density at radius 1 is 1.11 bits per heavy atom. The van der Waals surface area contributed by atoms with Gasteiger partial charge in [-0.2, -0.15) is 0 Å². The first-order chi connectivity index (χ1) is 18.3. The molecule has 2 rings (SSSR count).